The van der Waals surface area contributed by atoms with Crippen molar-refractivity contribution < 1.29 is 19.4 Å². The Labute approximate surface area is 105 Å². The number of carboxylic acids is 1. The van der Waals surface area contributed by atoms with Crippen molar-refractivity contribution in [2.24, 2.45) is 0 Å². The number of rotatable bonds is 3. The number of anilines is 1. The molecule has 0 radical (unpaired) electrons. The van der Waals surface area contributed by atoms with Crippen LogP contribution < -0.4 is 9.64 Å². The Balaban J connectivity index is 2.48. The molecule has 0 aliphatic carbocycles. The summed E-state index contributed by atoms with van der Waals surface area (Å²) in [6.45, 7) is 1.89. The normalized spacial score (nSPS) is 19.1. The van der Waals surface area contributed by atoms with E-state index in [2.05, 4.69) is 0 Å². The molecule has 1 atom stereocenters. The average molecular weight is 249 g/mol. The molecule has 96 valence electrons. The van der Waals surface area contributed by atoms with Gasteiger partial charge in [-0.15, -0.1) is 0 Å². The highest BCUT2D eigenvalue weighted by molar-refractivity contribution is 6.03. The predicted molar refractivity (Wildman–Crippen MR) is 65.9 cm³/mol. The van der Waals surface area contributed by atoms with E-state index in [0.29, 0.717) is 17.9 Å². The molecular weight excluding hydrogens is 234 g/mol. The summed E-state index contributed by atoms with van der Waals surface area (Å²) in [6, 6.07) is 4.58. The maximum atomic E-state index is 11.9. The maximum Gasteiger partial charge on any atom is 0.326 e. The number of carboxylic acid groups (broad SMARTS) is 1. The number of nitrogens with zero attached hydrogens (tertiary/aromatic N) is 1. The molecule has 0 aromatic heterocycles. The van der Waals surface area contributed by atoms with E-state index in [1.54, 1.807) is 12.1 Å². The average Bonchev–Trinajstić information content (AvgIpc) is 2.71. The van der Waals surface area contributed by atoms with Crippen LogP contribution in [0.3, 0.4) is 0 Å². The van der Waals surface area contributed by atoms with Gasteiger partial charge in [0.25, 0.3) is 0 Å². The SMILES string of the molecule is COc1ccc(C)cc1N1C(=O)CCC1C(=O)O. The number of benzene rings is 1. The maximum absolute atomic E-state index is 11.9. The molecule has 5 heteroatoms. The number of aryl methyl sites for hydroxylation is 1. The minimum atomic E-state index is -0.982. The Morgan fingerprint density at radius 1 is 1.50 bits per heavy atom. The van der Waals surface area contributed by atoms with Gasteiger partial charge >= 0.3 is 5.97 Å². The van der Waals surface area contributed by atoms with Crippen LogP contribution in [0.2, 0.25) is 0 Å². The molecule has 0 bridgehead atoms. The third kappa shape index (κ3) is 2.03. The number of methoxy groups -OCH3 is 1. The van der Waals surface area contributed by atoms with Gasteiger partial charge in [0.2, 0.25) is 5.91 Å². The number of hydrogen-bond acceptors (Lipinski definition) is 3. The molecule has 5 nitrogen and oxygen atoms in total. The zero-order valence-electron chi connectivity index (χ0n) is 10.3. The Bertz CT molecular complexity index is 498. The van der Waals surface area contributed by atoms with Crippen molar-refractivity contribution in [2.75, 3.05) is 12.0 Å². The number of carbonyl (C=O) groups excluding carboxylic acids is 1. The highest BCUT2D eigenvalue weighted by Gasteiger charge is 2.38. The van der Waals surface area contributed by atoms with Crippen molar-refractivity contribution in [1.29, 1.82) is 0 Å². The summed E-state index contributed by atoms with van der Waals surface area (Å²) in [6.07, 6.45) is 0.597. The molecule has 1 aromatic rings. The van der Waals surface area contributed by atoms with E-state index in [-0.39, 0.29) is 12.3 Å². The lowest BCUT2D eigenvalue weighted by Crippen LogP contribution is -2.38. The van der Waals surface area contributed by atoms with Gasteiger partial charge in [-0.05, 0) is 31.0 Å². The van der Waals surface area contributed by atoms with Crippen molar-refractivity contribution in [3.63, 3.8) is 0 Å². The summed E-state index contributed by atoms with van der Waals surface area (Å²) >= 11 is 0. The van der Waals surface area contributed by atoms with Crippen LogP contribution >= 0.6 is 0 Å². The van der Waals surface area contributed by atoms with Crippen LogP contribution in [-0.2, 0) is 9.59 Å². The van der Waals surface area contributed by atoms with Gasteiger partial charge in [-0.3, -0.25) is 9.69 Å². The molecule has 1 unspecified atom stereocenters. The summed E-state index contributed by atoms with van der Waals surface area (Å²) in [4.78, 5) is 24.4. The molecular formula is C13H15NO4. The highest BCUT2D eigenvalue weighted by Crippen LogP contribution is 2.35. The number of amides is 1. The van der Waals surface area contributed by atoms with Gasteiger partial charge in [0.15, 0.2) is 0 Å². The Morgan fingerprint density at radius 3 is 2.83 bits per heavy atom. The summed E-state index contributed by atoms with van der Waals surface area (Å²) in [5, 5.41) is 9.16. The van der Waals surface area contributed by atoms with E-state index >= 15 is 0 Å². The lowest BCUT2D eigenvalue weighted by molar-refractivity contribution is -0.138. The standard InChI is InChI=1S/C13H15NO4/c1-8-3-5-11(18-2)10(7-8)14-9(13(16)17)4-6-12(14)15/h3,5,7,9H,4,6H2,1-2H3,(H,16,17). The van der Waals surface area contributed by atoms with Crippen LogP contribution in [0.25, 0.3) is 0 Å². The van der Waals surface area contributed by atoms with Gasteiger partial charge in [-0.1, -0.05) is 6.07 Å². The number of carbonyl (C=O) groups is 2. The molecule has 1 aliphatic rings. The van der Waals surface area contributed by atoms with Crippen LogP contribution in [0.1, 0.15) is 18.4 Å². The van der Waals surface area contributed by atoms with Crippen LogP contribution in [-0.4, -0.2) is 30.1 Å². The molecule has 1 N–H and O–H groups in total. The summed E-state index contributed by atoms with van der Waals surface area (Å²) in [5.41, 5.74) is 1.49. The zero-order valence-corrected chi connectivity index (χ0v) is 10.3. The van der Waals surface area contributed by atoms with E-state index < -0.39 is 12.0 Å². The van der Waals surface area contributed by atoms with E-state index in [1.807, 2.05) is 13.0 Å². The lowest BCUT2D eigenvalue weighted by atomic mass is 10.1. The summed E-state index contributed by atoms with van der Waals surface area (Å²) in [7, 11) is 1.50. The molecule has 1 heterocycles. The van der Waals surface area contributed by atoms with Crippen molar-refractivity contribution in [1.82, 2.24) is 0 Å². The van der Waals surface area contributed by atoms with Gasteiger partial charge in [-0.2, -0.15) is 0 Å². The zero-order chi connectivity index (χ0) is 13.3. The van der Waals surface area contributed by atoms with E-state index in [4.69, 9.17) is 9.84 Å². The van der Waals surface area contributed by atoms with Gasteiger partial charge in [-0.25, -0.2) is 4.79 Å². The molecule has 1 amide bonds. The van der Waals surface area contributed by atoms with E-state index in [1.165, 1.54) is 12.0 Å². The molecule has 1 aromatic carbocycles. The molecule has 0 spiro atoms. The largest absolute Gasteiger partial charge is 0.495 e. The highest BCUT2D eigenvalue weighted by atomic mass is 16.5. The van der Waals surface area contributed by atoms with E-state index in [0.717, 1.165) is 5.56 Å². The third-order valence-electron chi connectivity index (χ3n) is 3.09. The van der Waals surface area contributed by atoms with Crippen molar-refractivity contribution >= 4 is 17.6 Å². The van der Waals surface area contributed by atoms with Gasteiger partial charge in [0, 0.05) is 6.42 Å². The number of aliphatic carboxylic acids is 1. The number of hydrogen-bond donors (Lipinski definition) is 1. The van der Waals surface area contributed by atoms with E-state index in [9.17, 15) is 9.59 Å². The third-order valence-corrected chi connectivity index (χ3v) is 3.09. The minimum Gasteiger partial charge on any atom is -0.495 e. The molecule has 18 heavy (non-hydrogen) atoms. The topological polar surface area (TPSA) is 66.8 Å². The van der Waals surface area contributed by atoms with Crippen LogP contribution in [0.5, 0.6) is 5.75 Å². The first-order valence-electron chi connectivity index (χ1n) is 5.74. The fourth-order valence-corrected chi connectivity index (χ4v) is 2.21. The quantitative estimate of drug-likeness (QED) is 0.883. The van der Waals surface area contributed by atoms with Crippen molar-refractivity contribution in [2.45, 2.75) is 25.8 Å². The monoisotopic (exact) mass is 249 g/mol. The summed E-state index contributed by atoms with van der Waals surface area (Å²) < 4.78 is 5.20. The molecule has 1 fully saturated rings. The Kier molecular flexibility index (Phi) is 3.23. The van der Waals surface area contributed by atoms with Gasteiger partial charge in [0.05, 0.1) is 12.8 Å². The van der Waals surface area contributed by atoms with Gasteiger partial charge < -0.3 is 9.84 Å². The molecule has 0 saturated carbocycles. The predicted octanol–water partition coefficient (Wildman–Crippen LogP) is 1.58. The van der Waals surface area contributed by atoms with Crippen molar-refractivity contribution in [3.8, 4) is 5.75 Å². The van der Waals surface area contributed by atoms with Crippen LogP contribution in [0.4, 0.5) is 5.69 Å². The Morgan fingerprint density at radius 2 is 2.22 bits per heavy atom. The second-order valence-electron chi connectivity index (χ2n) is 4.33. The smallest absolute Gasteiger partial charge is 0.326 e. The van der Waals surface area contributed by atoms with Crippen LogP contribution in [0, 0.1) is 6.92 Å². The van der Waals surface area contributed by atoms with Gasteiger partial charge in [0.1, 0.15) is 11.8 Å². The first kappa shape index (κ1) is 12.4. The number of ether oxygens (including phenoxy) is 1. The fraction of sp³-hybridized carbons (Fsp3) is 0.385. The molecule has 2 rings (SSSR count). The second-order valence-corrected chi connectivity index (χ2v) is 4.33. The van der Waals surface area contributed by atoms with Crippen LogP contribution in [0.15, 0.2) is 18.2 Å². The first-order valence-corrected chi connectivity index (χ1v) is 5.74. The molecule has 1 saturated heterocycles. The summed E-state index contributed by atoms with van der Waals surface area (Å²) in [5.74, 6) is -0.641. The van der Waals surface area contributed by atoms with Crippen molar-refractivity contribution in [3.05, 3.63) is 23.8 Å². The fourth-order valence-electron chi connectivity index (χ4n) is 2.21. The Hall–Kier alpha value is -2.04. The molecule has 1 aliphatic heterocycles. The lowest BCUT2D eigenvalue weighted by Gasteiger charge is -2.24. The second kappa shape index (κ2) is 4.68. The minimum absolute atomic E-state index is 0.175. The first-order chi connectivity index (χ1) is 8.54.